The van der Waals surface area contributed by atoms with Crippen LogP contribution in [0.25, 0.3) is 22.2 Å². The number of sulfonamides is 1. The van der Waals surface area contributed by atoms with Crippen LogP contribution in [-0.4, -0.2) is 72.0 Å². The third-order valence-electron chi connectivity index (χ3n) is 8.78. The zero-order valence-electron chi connectivity index (χ0n) is 23.7. The first-order valence-corrected chi connectivity index (χ1v) is 16.1. The first-order valence-electron chi connectivity index (χ1n) is 14.2. The topological polar surface area (TPSA) is 109 Å². The number of nitrogens with one attached hydrogen (secondary N) is 1. The molecule has 0 atom stereocenters. The number of nitrogen functional groups attached to an aromatic ring is 1. The summed E-state index contributed by atoms with van der Waals surface area (Å²) in [5.41, 5.74) is 8.57. The summed E-state index contributed by atoms with van der Waals surface area (Å²) >= 11 is 6.12. The van der Waals surface area contributed by atoms with Crippen molar-refractivity contribution in [1.82, 2.24) is 24.3 Å². The van der Waals surface area contributed by atoms with Crippen molar-refractivity contribution in [2.24, 2.45) is 0 Å². The number of anilines is 2. The molecule has 3 heterocycles. The van der Waals surface area contributed by atoms with Crippen LogP contribution in [0.1, 0.15) is 37.3 Å². The smallest absolute Gasteiger partial charge is 0.262 e. The highest BCUT2D eigenvalue weighted by atomic mass is 35.5. The minimum Gasteiger partial charge on any atom is -0.383 e. The largest absolute Gasteiger partial charge is 0.383 e. The summed E-state index contributed by atoms with van der Waals surface area (Å²) in [6.07, 6.45) is 7.71. The zero-order chi connectivity index (χ0) is 29.6. The summed E-state index contributed by atoms with van der Waals surface area (Å²) in [5, 5.41) is 0.985. The first-order chi connectivity index (χ1) is 20.1. The third kappa shape index (κ3) is 5.46. The van der Waals surface area contributed by atoms with E-state index in [1.807, 2.05) is 6.20 Å². The number of rotatable bonds is 6. The van der Waals surface area contributed by atoms with Gasteiger partial charge in [-0.05, 0) is 75.0 Å². The van der Waals surface area contributed by atoms with Gasteiger partial charge < -0.3 is 15.2 Å². The Labute approximate surface area is 250 Å². The predicted molar refractivity (Wildman–Crippen MR) is 165 cm³/mol. The van der Waals surface area contributed by atoms with E-state index >= 15 is 4.39 Å². The number of nitrogens with two attached hydrogens (primary N) is 1. The molecule has 2 aliphatic rings. The van der Waals surface area contributed by atoms with Crippen LogP contribution in [0, 0.1) is 12.7 Å². The molecular weight excluding hydrogens is 577 g/mol. The Hall–Kier alpha value is -3.25. The maximum atomic E-state index is 15.4. The van der Waals surface area contributed by atoms with Crippen molar-refractivity contribution in [3.05, 3.63) is 65.3 Å². The standard InChI is InChI=1S/C30H35ClFN7O2S/c1-19-24(31)4-3-5-27(19)42(40,41)36-26-11-6-20(16-25(26)32)23-17-39(30-28(23)29(33)34-18-35-30)22-9-7-21(8-10-22)38-14-12-37(2)13-15-38/h3-6,11,16-18,21-22,36H,7-10,12-15H2,1-2H3,(H2,33,34,35). The fourth-order valence-electron chi connectivity index (χ4n) is 6.34. The lowest BCUT2D eigenvalue weighted by molar-refractivity contribution is 0.0828. The number of likely N-dealkylation sites (N-methyl/N-ethyl adjacent to an activating group) is 1. The predicted octanol–water partition coefficient (Wildman–Crippen LogP) is 5.31. The number of halogens is 2. The molecule has 1 aliphatic heterocycles. The monoisotopic (exact) mass is 611 g/mol. The van der Waals surface area contributed by atoms with Crippen molar-refractivity contribution >= 4 is 44.2 Å². The van der Waals surface area contributed by atoms with Gasteiger partial charge in [0.1, 0.15) is 23.6 Å². The van der Waals surface area contributed by atoms with Crippen molar-refractivity contribution in [3.63, 3.8) is 0 Å². The van der Waals surface area contributed by atoms with Crippen LogP contribution >= 0.6 is 11.6 Å². The minimum absolute atomic E-state index is 0.00573. The first kappa shape index (κ1) is 28.9. The Kier molecular flexibility index (Phi) is 7.86. The van der Waals surface area contributed by atoms with Crippen LogP contribution in [0.15, 0.2) is 53.8 Å². The summed E-state index contributed by atoms with van der Waals surface area (Å²) in [6, 6.07) is 9.85. The van der Waals surface area contributed by atoms with Crippen LogP contribution in [0.3, 0.4) is 0 Å². The number of nitrogens with zero attached hydrogens (tertiary/aromatic N) is 5. The summed E-state index contributed by atoms with van der Waals surface area (Å²) < 4.78 is 46.1. The van der Waals surface area contributed by atoms with Gasteiger partial charge in [0.2, 0.25) is 0 Å². The molecule has 1 aliphatic carbocycles. The maximum Gasteiger partial charge on any atom is 0.262 e. The second kappa shape index (κ2) is 11.4. The van der Waals surface area contributed by atoms with E-state index in [2.05, 4.69) is 36.1 Å². The summed E-state index contributed by atoms with van der Waals surface area (Å²) in [7, 11) is -1.88. The molecule has 0 spiro atoms. The Bertz CT molecular complexity index is 1730. The summed E-state index contributed by atoms with van der Waals surface area (Å²) in [5.74, 6) is -0.388. The SMILES string of the molecule is Cc1c(Cl)cccc1S(=O)(=O)Nc1ccc(-c2cn(C3CCC(N4CCN(C)CC4)CC3)c3ncnc(N)c23)cc1F. The Morgan fingerprint density at radius 2 is 1.74 bits per heavy atom. The van der Waals surface area contributed by atoms with Gasteiger partial charge in [-0.3, -0.25) is 9.62 Å². The highest BCUT2D eigenvalue weighted by molar-refractivity contribution is 7.92. The van der Waals surface area contributed by atoms with Crippen LogP contribution in [0.4, 0.5) is 15.9 Å². The second-order valence-corrected chi connectivity index (χ2v) is 13.4. The van der Waals surface area contributed by atoms with Crippen LogP contribution < -0.4 is 10.5 Å². The van der Waals surface area contributed by atoms with Crippen LogP contribution in [-0.2, 0) is 10.0 Å². The number of fused-ring (bicyclic) bond motifs is 1. The molecule has 1 saturated carbocycles. The fraction of sp³-hybridized carbons (Fsp3) is 0.400. The van der Waals surface area contributed by atoms with E-state index in [0.29, 0.717) is 39.0 Å². The molecular formula is C30H35ClFN7O2S. The molecule has 4 aromatic rings. The molecule has 2 aromatic heterocycles. The molecule has 0 amide bonds. The lowest BCUT2D eigenvalue weighted by Gasteiger charge is -2.41. The van der Waals surface area contributed by atoms with Crippen molar-refractivity contribution in [2.45, 2.75) is 49.6 Å². The minimum atomic E-state index is -4.06. The normalized spacial score (nSPS) is 20.7. The highest BCUT2D eigenvalue weighted by Crippen LogP contribution is 2.40. The van der Waals surface area contributed by atoms with Crippen LogP contribution in [0.5, 0.6) is 0 Å². The van der Waals surface area contributed by atoms with Gasteiger partial charge in [0.05, 0.1) is 16.0 Å². The van der Waals surface area contributed by atoms with E-state index in [1.165, 1.54) is 24.5 Å². The summed E-state index contributed by atoms with van der Waals surface area (Å²) in [4.78, 5) is 13.8. The van der Waals surface area contributed by atoms with E-state index in [1.54, 1.807) is 25.1 Å². The molecule has 3 N–H and O–H groups in total. The average molecular weight is 612 g/mol. The number of hydrogen-bond acceptors (Lipinski definition) is 7. The number of aromatic nitrogens is 3. The molecule has 9 nitrogen and oxygen atoms in total. The molecule has 2 fully saturated rings. The molecule has 0 radical (unpaired) electrons. The van der Waals surface area contributed by atoms with E-state index in [4.69, 9.17) is 17.3 Å². The lowest BCUT2D eigenvalue weighted by Crippen LogP contribution is -2.49. The molecule has 2 aromatic carbocycles. The molecule has 0 unspecified atom stereocenters. The third-order valence-corrected chi connectivity index (χ3v) is 10.7. The zero-order valence-corrected chi connectivity index (χ0v) is 25.3. The van der Waals surface area contributed by atoms with Crippen molar-refractivity contribution < 1.29 is 12.8 Å². The van der Waals surface area contributed by atoms with Gasteiger partial charge in [0.15, 0.2) is 0 Å². The van der Waals surface area contributed by atoms with Crippen LogP contribution in [0.2, 0.25) is 5.02 Å². The Balaban J connectivity index is 1.27. The van der Waals surface area contributed by atoms with Gasteiger partial charge in [-0.15, -0.1) is 0 Å². The molecule has 1 saturated heterocycles. The van der Waals surface area contributed by atoms with E-state index in [0.717, 1.165) is 57.5 Å². The molecule has 42 heavy (non-hydrogen) atoms. The van der Waals surface area contributed by atoms with Gasteiger partial charge in [-0.1, -0.05) is 23.7 Å². The van der Waals surface area contributed by atoms with Crippen molar-refractivity contribution in [2.75, 3.05) is 43.7 Å². The van der Waals surface area contributed by atoms with Crippen molar-refractivity contribution in [3.8, 4) is 11.1 Å². The Morgan fingerprint density at radius 3 is 2.45 bits per heavy atom. The second-order valence-electron chi connectivity index (χ2n) is 11.4. The quantitative estimate of drug-likeness (QED) is 0.304. The molecule has 6 rings (SSSR count). The van der Waals surface area contributed by atoms with Gasteiger partial charge in [0, 0.05) is 55.0 Å². The average Bonchev–Trinajstić information content (AvgIpc) is 3.37. The summed E-state index contributed by atoms with van der Waals surface area (Å²) in [6.45, 7) is 6.06. The van der Waals surface area contributed by atoms with Gasteiger partial charge in [0.25, 0.3) is 10.0 Å². The molecule has 0 bridgehead atoms. The van der Waals surface area contributed by atoms with E-state index in [9.17, 15) is 8.42 Å². The highest BCUT2D eigenvalue weighted by Gasteiger charge is 2.30. The van der Waals surface area contributed by atoms with Crippen molar-refractivity contribution in [1.29, 1.82) is 0 Å². The molecule has 12 heteroatoms. The van der Waals surface area contributed by atoms with Gasteiger partial charge in [-0.25, -0.2) is 22.8 Å². The van der Waals surface area contributed by atoms with E-state index < -0.39 is 15.8 Å². The fourth-order valence-corrected chi connectivity index (χ4v) is 7.90. The number of hydrogen-bond donors (Lipinski definition) is 2. The Morgan fingerprint density at radius 1 is 1.02 bits per heavy atom. The maximum absolute atomic E-state index is 15.4. The number of benzene rings is 2. The van der Waals surface area contributed by atoms with E-state index in [-0.39, 0.29) is 16.6 Å². The number of piperazine rings is 1. The van der Waals surface area contributed by atoms with Gasteiger partial charge in [-0.2, -0.15) is 0 Å². The lowest BCUT2D eigenvalue weighted by atomic mass is 9.89. The van der Waals surface area contributed by atoms with Gasteiger partial charge >= 0.3 is 0 Å². The molecule has 222 valence electrons.